The fourth-order valence-electron chi connectivity index (χ4n) is 4.87. The fraction of sp³-hybridized carbons (Fsp3) is 0.438. The van der Waals surface area contributed by atoms with E-state index < -0.39 is 13.5 Å². The molecule has 1 saturated carbocycles. The maximum absolute atomic E-state index is 12.7. The van der Waals surface area contributed by atoms with Crippen LogP contribution in [0.15, 0.2) is 78.9 Å². The van der Waals surface area contributed by atoms with Crippen molar-refractivity contribution in [1.82, 2.24) is 5.32 Å². The van der Waals surface area contributed by atoms with Crippen molar-refractivity contribution in [2.24, 2.45) is 0 Å². The quantitative estimate of drug-likeness (QED) is 0.189. The lowest BCUT2D eigenvalue weighted by atomic mass is 10.0. The van der Waals surface area contributed by atoms with Gasteiger partial charge in [-0.1, -0.05) is 61.7 Å². The highest BCUT2D eigenvalue weighted by Crippen LogP contribution is 2.51. The minimum Gasteiger partial charge on any atom is -0.491 e. The molecule has 1 aliphatic carbocycles. The number of aliphatic hydroxyl groups is 1. The van der Waals surface area contributed by atoms with Crippen LogP contribution in [0.3, 0.4) is 0 Å². The van der Waals surface area contributed by atoms with Crippen molar-refractivity contribution in [3.05, 3.63) is 90.0 Å². The summed E-state index contributed by atoms with van der Waals surface area (Å²) < 4.78 is 29.9. The van der Waals surface area contributed by atoms with Gasteiger partial charge in [0.1, 0.15) is 36.6 Å². The Morgan fingerprint density at radius 3 is 2.10 bits per heavy atom. The molecule has 0 saturated heterocycles. The molecule has 40 heavy (non-hydrogen) atoms. The van der Waals surface area contributed by atoms with E-state index in [0.29, 0.717) is 24.7 Å². The second-order valence-electron chi connectivity index (χ2n) is 10.7. The molecule has 3 N–H and O–H groups in total. The minimum absolute atomic E-state index is 0.124. The second-order valence-corrected chi connectivity index (χ2v) is 13.2. The standard InChI is InChI=1S/C32H42NO6P/c1-25(20-26-12-14-31(15-13-26)39-24-40(35,36)32-10-6-3-7-11-32)33-21-28(34)23-38-30-18-16-29(17-19-30)37-22-27-8-4-2-5-9-27/h2,4-5,8-9,12-19,25,28,32-34H,3,6-7,10-11,20-24H2,1H3,(H,35,36)/t25-,28+/m1/s1. The first-order chi connectivity index (χ1) is 19.4. The van der Waals surface area contributed by atoms with Crippen LogP contribution in [0.5, 0.6) is 17.2 Å². The molecule has 0 radical (unpaired) electrons. The summed E-state index contributed by atoms with van der Waals surface area (Å²) >= 11 is 0. The van der Waals surface area contributed by atoms with Crippen molar-refractivity contribution in [3.63, 3.8) is 0 Å². The number of hydrogen-bond acceptors (Lipinski definition) is 6. The number of benzene rings is 3. The topological polar surface area (TPSA) is 97.3 Å². The van der Waals surface area contributed by atoms with Gasteiger partial charge in [0.25, 0.3) is 0 Å². The molecule has 3 aromatic carbocycles. The highest BCUT2D eigenvalue weighted by molar-refractivity contribution is 7.58. The Balaban J connectivity index is 1.11. The molecule has 0 amide bonds. The van der Waals surface area contributed by atoms with Crippen LogP contribution in [0.2, 0.25) is 0 Å². The third-order valence-electron chi connectivity index (χ3n) is 7.24. The molecule has 8 heteroatoms. The molecule has 0 spiro atoms. The van der Waals surface area contributed by atoms with Crippen LogP contribution in [0.25, 0.3) is 0 Å². The van der Waals surface area contributed by atoms with Gasteiger partial charge in [0.15, 0.2) is 6.35 Å². The summed E-state index contributed by atoms with van der Waals surface area (Å²) in [5.74, 6) is 2.05. The molecule has 0 aliphatic heterocycles. The molecule has 1 aliphatic rings. The number of aliphatic hydroxyl groups excluding tert-OH is 1. The van der Waals surface area contributed by atoms with Crippen LogP contribution < -0.4 is 19.5 Å². The van der Waals surface area contributed by atoms with Crippen LogP contribution in [0, 0.1) is 0 Å². The van der Waals surface area contributed by atoms with Crippen molar-refractivity contribution in [2.75, 3.05) is 19.5 Å². The number of nitrogens with one attached hydrogen (secondary N) is 1. The first-order valence-corrected chi connectivity index (χ1v) is 16.1. The summed E-state index contributed by atoms with van der Waals surface area (Å²) in [5, 5.41) is 13.7. The zero-order valence-electron chi connectivity index (χ0n) is 23.3. The van der Waals surface area contributed by atoms with Gasteiger partial charge < -0.3 is 29.5 Å². The Morgan fingerprint density at radius 2 is 1.43 bits per heavy atom. The van der Waals surface area contributed by atoms with Crippen LogP contribution in [0.1, 0.15) is 50.2 Å². The van der Waals surface area contributed by atoms with E-state index in [1.54, 1.807) is 0 Å². The van der Waals surface area contributed by atoms with E-state index in [0.717, 1.165) is 55.4 Å². The summed E-state index contributed by atoms with van der Waals surface area (Å²) in [7, 11) is -3.30. The maximum atomic E-state index is 12.7. The number of ether oxygens (including phenoxy) is 3. The Morgan fingerprint density at radius 1 is 0.825 bits per heavy atom. The predicted octanol–water partition coefficient (Wildman–Crippen LogP) is 6.17. The van der Waals surface area contributed by atoms with Gasteiger partial charge in [-0.05, 0) is 73.7 Å². The molecular weight excluding hydrogens is 525 g/mol. The highest BCUT2D eigenvalue weighted by Gasteiger charge is 2.32. The molecule has 216 valence electrons. The Hall–Kier alpha value is -2.83. The zero-order chi connectivity index (χ0) is 28.2. The molecule has 0 aromatic heterocycles. The lowest BCUT2D eigenvalue weighted by Crippen LogP contribution is -2.37. The smallest absolute Gasteiger partial charge is 0.239 e. The summed E-state index contributed by atoms with van der Waals surface area (Å²) in [6.07, 6.45) is 4.85. The SMILES string of the molecule is C[C@H](Cc1ccc(OCP(=O)(O)C2CCCCC2)cc1)NC[C@H](O)COc1ccc(OCc2ccccc2)cc1. The summed E-state index contributed by atoms with van der Waals surface area (Å²) in [5.41, 5.74) is 2.10. The van der Waals surface area contributed by atoms with E-state index in [1.807, 2.05) is 78.9 Å². The van der Waals surface area contributed by atoms with Gasteiger partial charge in [-0.25, -0.2) is 0 Å². The summed E-state index contributed by atoms with van der Waals surface area (Å²) in [6.45, 7) is 3.17. The maximum Gasteiger partial charge on any atom is 0.239 e. The van der Waals surface area contributed by atoms with Crippen LogP contribution in [-0.2, 0) is 17.6 Å². The van der Waals surface area contributed by atoms with E-state index in [2.05, 4.69) is 12.2 Å². The zero-order valence-corrected chi connectivity index (χ0v) is 24.2. The Kier molecular flexibility index (Phi) is 11.5. The third-order valence-corrected chi connectivity index (χ3v) is 9.40. The molecule has 3 atom stereocenters. The minimum atomic E-state index is -3.30. The lowest BCUT2D eigenvalue weighted by molar-refractivity contribution is 0.104. The second kappa shape index (κ2) is 15.2. The number of hydrogen-bond donors (Lipinski definition) is 3. The molecule has 1 fully saturated rings. The van der Waals surface area contributed by atoms with Crippen LogP contribution >= 0.6 is 7.37 Å². The van der Waals surface area contributed by atoms with E-state index in [-0.39, 0.29) is 24.7 Å². The van der Waals surface area contributed by atoms with Gasteiger partial charge in [0, 0.05) is 18.2 Å². The summed E-state index contributed by atoms with van der Waals surface area (Å²) in [4.78, 5) is 10.4. The Bertz CT molecular complexity index is 1180. The van der Waals surface area contributed by atoms with Crippen LogP contribution in [0.4, 0.5) is 0 Å². The van der Waals surface area contributed by atoms with E-state index >= 15 is 0 Å². The third kappa shape index (κ3) is 9.97. The molecule has 0 bridgehead atoms. The van der Waals surface area contributed by atoms with Crippen molar-refractivity contribution in [2.45, 2.75) is 69.9 Å². The van der Waals surface area contributed by atoms with Crippen LogP contribution in [-0.4, -0.2) is 47.3 Å². The van der Waals surface area contributed by atoms with E-state index in [9.17, 15) is 14.6 Å². The van der Waals surface area contributed by atoms with Gasteiger partial charge in [-0.15, -0.1) is 0 Å². The van der Waals surface area contributed by atoms with Gasteiger partial charge in [0.05, 0.1) is 0 Å². The largest absolute Gasteiger partial charge is 0.491 e. The monoisotopic (exact) mass is 567 g/mol. The van der Waals surface area contributed by atoms with Gasteiger partial charge in [-0.3, -0.25) is 4.57 Å². The highest BCUT2D eigenvalue weighted by atomic mass is 31.2. The molecule has 7 nitrogen and oxygen atoms in total. The first kappa shape index (κ1) is 30.1. The van der Waals surface area contributed by atoms with Gasteiger partial charge in [-0.2, -0.15) is 0 Å². The average molecular weight is 568 g/mol. The predicted molar refractivity (Wildman–Crippen MR) is 159 cm³/mol. The molecular formula is C32H42NO6P. The average Bonchev–Trinajstić information content (AvgIpc) is 2.99. The van der Waals surface area contributed by atoms with Gasteiger partial charge in [0.2, 0.25) is 7.37 Å². The van der Waals surface area contributed by atoms with E-state index in [4.69, 9.17) is 14.2 Å². The first-order valence-electron chi connectivity index (χ1n) is 14.2. The number of rotatable bonds is 15. The van der Waals surface area contributed by atoms with Crippen molar-refractivity contribution < 1.29 is 28.8 Å². The molecule has 0 heterocycles. The van der Waals surface area contributed by atoms with Gasteiger partial charge >= 0.3 is 0 Å². The van der Waals surface area contributed by atoms with E-state index in [1.165, 1.54) is 0 Å². The molecule has 1 unspecified atom stereocenters. The molecule has 3 aromatic rings. The van der Waals surface area contributed by atoms with Crippen molar-refractivity contribution >= 4 is 7.37 Å². The fourth-order valence-corrected chi connectivity index (χ4v) is 6.58. The van der Waals surface area contributed by atoms with Crippen molar-refractivity contribution in [1.29, 1.82) is 0 Å². The normalized spacial score (nSPS) is 17.0. The Labute approximate surface area is 238 Å². The van der Waals surface area contributed by atoms with Crippen molar-refractivity contribution in [3.8, 4) is 17.2 Å². The summed E-state index contributed by atoms with van der Waals surface area (Å²) in [6, 6.07) is 25.2. The molecule has 4 rings (SSSR count). The lowest BCUT2D eigenvalue weighted by Gasteiger charge is -2.26.